The summed E-state index contributed by atoms with van der Waals surface area (Å²) in [5.74, 6) is 0.0709. The van der Waals surface area contributed by atoms with Gasteiger partial charge in [-0.05, 0) is 49.7 Å². The second-order valence-electron chi connectivity index (χ2n) is 5.49. The van der Waals surface area contributed by atoms with E-state index in [1.807, 2.05) is 53.4 Å². The fourth-order valence-electron chi connectivity index (χ4n) is 2.73. The zero-order chi connectivity index (χ0) is 14.5. The normalized spacial score (nSPS) is 19.0. The third-order valence-electron chi connectivity index (χ3n) is 3.89. The molecule has 1 unspecified atom stereocenters. The van der Waals surface area contributed by atoms with Gasteiger partial charge in [-0.1, -0.05) is 18.9 Å². The molecule has 0 aliphatic carbocycles. The van der Waals surface area contributed by atoms with Gasteiger partial charge in [-0.2, -0.15) is 0 Å². The Morgan fingerprint density at radius 2 is 2.00 bits per heavy atom. The van der Waals surface area contributed by atoms with Gasteiger partial charge in [0.15, 0.2) is 0 Å². The van der Waals surface area contributed by atoms with Crippen LogP contribution in [0.3, 0.4) is 0 Å². The van der Waals surface area contributed by atoms with Gasteiger partial charge in [0.2, 0.25) is 5.91 Å². The zero-order valence-electron chi connectivity index (χ0n) is 12.1. The van der Waals surface area contributed by atoms with E-state index in [1.54, 1.807) is 0 Å². The molecule has 1 amide bonds. The van der Waals surface area contributed by atoms with E-state index in [1.165, 1.54) is 6.42 Å². The van der Waals surface area contributed by atoms with Crippen LogP contribution in [-0.2, 0) is 4.79 Å². The van der Waals surface area contributed by atoms with Gasteiger partial charge in [0.1, 0.15) is 0 Å². The Morgan fingerprint density at radius 1 is 1.14 bits per heavy atom. The molecule has 1 aliphatic heterocycles. The van der Waals surface area contributed by atoms with Gasteiger partial charge in [0.25, 0.3) is 0 Å². The molecule has 0 saturated carbocycles. The summed E-state index contributed by atoms with van der Waals surface area (Å²) in [6.45, 7) is 0.932. The van der Waals surface area contributed by atoms with Gasteiger partial charge < -0.3 is 15.2 Å². The number of rotatable bonds is 3. The average molecular weight is 283 g/mol. The molecule has 21 heavy (non-hydrogen) atoms. The van der Waals surface area contributed by atoms with Crippen LogP contribution in [0.4, 0.5) is 5.69 Å². The largest absolute Gasteiger partial charge is 0.325 e. The topological polar surface area (TPSA) is 46.1 Å². The Labute approximate surface area is 125 Å². The minimum atomic E-state index is -0.0669. The third kappa shape index (κ3) is 3.52. The van der Waals surface area contributed by atoms with Crippen molar-refractivity contribution in [2.75, 3.05) is 11.9 Å². The first kappa shape index (κ1) is 13.9. The summed E-state index contributed by atoms with van der Waals surface area (Å²) in [7, 11) is 0. The quantitative estimate of drug-likeness (QED) is 0.909. The summed E-state index contributed by atoms with van der Waals surface area (Å²) < 4.78 is 2.03. The number of nitrogens with one attached hydrogen (secondary N) is 2. The molecular weight excluding hydrogens is 262 g/mol. The molecule has 0 spiro atoms. The van der Waals surface area contributed by atoms with E-state index in [9.17, 15) is 4.79 Å². The van der Waals surface area contributed by atoms with Crippen LogP contribution in [-0.4, -0.2) is 23.1 Å². The van der Waals surface area contributed by atoms with Crippen LogP contribution in [0.5, 0.6) is 0 Å². The van der Waals surface area contributed by atoms with Crippen LogP contribution >= 0.6 is 0 Å². The molecule has 4 heteroatoms. The van der Waals surface area contributed by atoms with E-state index >= 15 is 0 Å². The fraction of sp³-hybridized carbons (Fsp3) is 0.353. The summed E-state index contributed by atoms with van der Waals surface area (Å²) in [4.78, 5) is 12.3. The molecule has 2 N–H and O–H groups in total. The monoisotopic (exact) mass is 283 g/mol. The summed E-state index contributed by atoms with van der Waals surface area (Å²) in [6.07, 6.45) is 8.39. The molecule has 1 aromatic heterocycles. The third-order valence-corrected chi connectivity index (χ3v) is 3.89. The molecule has 2 heterocycles. The summed E-state index contributed by atoms with van der Waals surface area (Å²) in [5.41, 5.74) is 1.89. The molecule has 0 bridgehead atoms. The maximum Gasteiger partial charge on any atom is 0.241 e. The number of aromatic nitrogens is 1. The second kappa shape index (κ2) is 6.59. The minimum absolute atomic E-state index is 0.0669. The summed E-state index contributed by atoms with van der Waals surface area (Å²) >= 11 is 0. The van der Waals surface area contributed by atoms with E-state index in [4.69, 9.17) is 0 Å². The summed E-state index contributed by atoms with van der Waals surface area (Å²) in [6, 6.07) is 11.8. The van der Waals surface area contributed by atoms with Crippen molar-refractivity contribution in [2.45, 2.75) is 31.7 Å². The Balaban J connectivity index is 1.69. The van der Waals surface area contributed by atoms with Crippen LogP contribution in [0.2, 0.25) is 0 Å². The number of hydrogen-bond acceptors (Lipinski definition) is 2. The first-order valence-electron chi connectivity index (χ1n) is 7.60. The van der Waals surface area contributed by atoms with Gasteiger partial charge in [-0.3, -0.25) is 4.79 Å². The van der Waals surface area contributed by atoms with Crippen LogP contribution in [0.1, 0.15) is 25.7 Å². The number of nitrogens with zero attached hydrogens (tertiary/aromatic N) is 1. The lowest BCUT2D eigenvalue weighted by atomic mass is 10.1. The van der Waals surface area contributed by atoms with Crippen molar-refractivity contribution in [3.05, 3.63) is 48.8 Å². The minimum Gasteiger partial charge on any atom is -0.325 e. The Morgan fingerprint density at radius 3 is 2.86 bits per heavy atom. The lowest BCUT2D eigenvalue weighted by Gasteiger charge is -2.16. The van der Waals surface area contributed by atoms with Crippen molar-refractivity contribution in [1.82, 2.24) is 9.88 Å². The first-order valence-corrected chi connectivity index (χ1v) is 7.60. The fourth-order valence-corrected chi connectivity index (χ4v) is 2.73. The molecule has 1 aliphatic rings. The van der Waals surface area contributed by atoms with Crippen molar-refractivity contribution < 1.29 is 4.79 Å². The highest BCUT2D eigenvalue weighted by Crippen LogP contribution is 2.16. The number of carbonyl (C=O) groups is 1. The number of carbonyl (C=O) groups excluding carboxylic acids is 1. The maximum atomic E-state index is 12.3. The molecule has 1 saturated heterocycles. The molecule has 3 rings (SSSR count). The van der Waals surface area contributed by atoms with Gasteiger partial charge in [0.05, 0.1) is 6.04 Å². The zero-order valence-corrected chi connectivity index (χ0v) is 12.1. The van der Waals surface area contributed by atoms with E-state index in [0.717, 1.165) is 37.2 Å². The molecule has 1 aromatic carbocycles. The molecule has 2 aromatic rings. The van der Waals surface area contributed by atoms with Gasteiger partial charge in [-0.15, -0.1) is 0 Å². The van der Waals surface area contributed by atoms with E-state index in [2.05, 4.69) is 10.6 Å². The van der Waals surface area contributed by atoms with Crippen molar-refractivity contribution in [1.29, 1.82) is 0 Å². The second-order valence-corrected chi connectivity index (χ2v) is 5.49. The lowest BCUT2D eigenvalue weighted by molar-refractivity contribution is -0.118. The average Bonchev–Trinajstić information content (AvgIpc) is 2.90. The van der Waals surface area contributed by atoms with Gasteiger partial charge in [-0.25, -0.2) is 0 Å². The molecule has 110 valence electrons. The molecule has 0 radical (unpaired) electrons. The molecule has 1 atom stereocenters. The highest BCUT2D eigenvalue weighted by molar-refractivity contribution is 5.95. The smallest absolute Gasteiger partial charge is 0.241 e. The molecule has 4 nitrogen and oxygen atoms in total. The van der Waals surface area contributed by atoms with Crippen molar-refractivity contribution in [3.63, 3.8) is 0 Å². The number of benzene rings is 1. The number of amides is 1. The van der Waals surface area contributed by atoms with E-state index < -0.39 is 0 Å². The number of hydrogen-bond donors (Lipinski definition) is 2. The highest BCUT2D eigenvalue weighted by atomic mass is 16.2. The van der Waals surface area contributed by atoms with Crippen molar-refractivity contribution >= 4 is 11.6 Å². The Bertz CT molecular complexity index is 584. The van der Waals surface area contributed by atoms with Crippen LogP contribution in [0, 0.1) is 0 Å². The predicted octanol–water partition coefficient (Wildman–Crippen LogP) is 2.95. The van der Waals surface area contributed by atoms with Crippen molar-refractivity contribution in [3.8, 4) is 5.69 Å². The van der Waals surface area contributed by atoms with Gasteiger partial charge >= 0.3 is 0 Å². The van der Waals surface area contributed by atoms with Crippen LogP contribution in [0.15, 0.2) is 48.8 Å². The van der Waals surface area contributed by atoms with Crippen molar-refractivity contribution in [2.24, 2.45) is 0 Å². The highest BCUT2D eigenvalue weighted by Gasteiger charge is 2.19. The Kier molecular flexibility index (Phi) is 4.36. The predicted molar refractivity (Wildman–Crippen MR) is 84.7 cm³/mol. The van der Waals surface area contributed by atoms with Crippen LogP contribution < -0.4 is 10.6 Å². The Hall–Kier alpha value is -2.07. The van der Waals surface area contributed by atoms with E-state index in [-0.39, 0.29) is 11.9 Å². The van der Waals surface area contributed by atoms with E-state index in [0.29, 0.717) is 0 Å². The lowest BCUT2D eigenvalue weighted by Crippen LogP contribution is -2.39. The summed E-state index contributed by atoms with van der Waals surface area (Å²) in [5, 5.41) is 6.35. The molecular formula is C17H21N3O. The standard InChI is InChI=1S/C17H21N3O/c21-17(16-9-2-1-3-10-18-16)19-14-7-6-8-15(13-14)20-11-4-5-12-20/h4-8,11-13,16,18H,1-3,9-10H2,(H,19,21). The molecule has 1 fully saturated rings. The maximum absolute atomic E-state index is 12.3. The SMILES string of the molecule is O=C(Nc1cccc(-n2cccc2)c1)C1CCCCCN1. The number of anilines is 1. The van der Waals surface area contributed by atoms with Gasteiger partial charge in [0, 0.05) is 23.8 Å². The first-order chi connectivity index (χ1) is 10.3. The van der Waals surface area contributed by atoms with Crippen LogP contribution in [0.25, 0.3) is 5.69 Å².